The lowest BCUT2D eigenvalue weighted by Crippen LogP contribution is -2.49. The summed E-state index contributed by atoms with van der Waals surface area (Å²) in [6, 6.07) is 0.663. The highest BCUT2D eigenvalue weighted by Gasteiger charge is 2.51. The number of hydrogen-bond donors (Lipinski definition) is 1. The van der Waals surface area contributed by atoms with E-state index in [0.29, 0.717) is 18.1 Å². The first-order chi connectivity index (χ1) is 9.78. The highest BCUT2D eigenvalue weighted by molar-refractivity contribution is 5.84. The number of hydrogen-bond acceptors (Lipinski definition) is 2. The molecular formula is C17H28N2O. The van der Waals surface area contributed by atoms with E-state index in [4.69, 9.17) is 0 Å². The first-order valence-electron chi connectivity index (χ1n) is 8.86. The van der Waals surface area contributed by atoms with E-state index in [-0.39, 0.29) is 6.04 Å². The SMILES string of the molecule is CCC1NC(C2CCCC2)N(C2CC3CCC2C3)C1=O. The van der Waals surface area contributed by atoms with Crippen molar-refractivity contribution < 1.29 is 4.79 Å². The highest BCUT2D eigenvalue weighted by atomic mass is 16.2. The average molecular weight is 276 g/mol. The predicted octanol–water partition coefficient (Wildman–Crippen LogP) is 2.90. The van der Waals surface area contributed by atoms with Crippen molar-refractivity contribution in [3.63, 3.8) is 0 Å². The van der Waals surface area contributed by atoms with Gasteiger partial charge in [0, 0.05) is 6.04 Å². The summed E-state index contributed by atoms with van der Waals surface area (Å²) in [6.07, 6.45) is 12.1. The average Bonchev–Trinajstić information content (AvgIpc) is 3.22. The van der Waals surface area contributed by atoms with Crippen LogP contribution in [0.1, 0.15) is 64.7 Å². The van der Waals surface area contributed by atoms with Crippen LogP contribution in [0.25, 0.3) is 0 Å². The maximum Gasteiger partial charge on any atom is 0.241 e. The molecule has 4 fully saturated rings. The van der Waals surface area contributed by atoms with E-state index in [1.165, 1.54) is 51.4 Å². The van der Waals surface area contributed by atoms with Crippen LogP contribution in [-0.2, 0) is 4.79 Å². The second kappa shape index (κ2) is 5.01. The lowest BCUT2D eigenvalue weighted by atomic mass is 9.92. The van der Waals surface area contributed by atoms with E-state index in [0.717, 1.165) is 24.2 Å². The summed E-state index contributed by atoms with van der Waals surface area (Å²) >= 11 is 0. The third-order valence-electron chi connectivity index (χ3n) is 6.54. The molecule has 20 heavy (non-hydrogen) atoms. The van der Waals surface area contributed by atoms with Crippen LogP contribution >= 0.6 is 0 Å². The number of fused-ring (bicyclic) bond motifs is 2. The largest absolute Gasteiger partial charge is 0.322 e. The zero-order valence-electron chi connectivity index (χ0n) is 12.7. The topological polar surface area (TPSA) is 32.3 Å². The molecule has 4 rings (SSSR count). The Morgan fingerprint density at radius 3 is 2.50 bits per heavy atom. The van der Waals surface area contributed by atoms with Crippen molar-refractivity contribution in [1.29, 1.82) is 0 Å². The smallest absolute Gasteiger partial charge is 0.241 e. The maximum absolute atomic E-state index is 12.8. The number of carbonyl (C=O) groups is 1. The van der Waals surface area contributed by atoms with Gasteiger partial charge in [-0.1, -0.05) is 26.2 Å². The molecule has 0 aromatic carbocycles. The summed E-state index contributed by atoms with van der Waals surface area (Å²) in [6.45, 7) is 2.14. The molecule has 1 amide bonds. The third kappa shape index (κ3) is 1.93. The third-order valence-corrected chi connectivity index (χ3v) is 6.54. The fraction of sp³-hybridized carbons (Fsp3) is 0.941. The quantitative estimate of drug-likeness (QED) is 0.859. The van der Waals surface area contributed by atoms with Gasteiger partial charge in [-0.25, -0.2) is 0 Å². The van der Waals surface area contributed by atoms with Crippen LogP contribution in [-0.4, -0.2) is 29.1 Å². The highest BCUT2D eigenvalue weighted by Crippen LogP contribution is 2.48. The van der Waals surface area contributed by atoms with Crippen LogP contribution in [0.15, 0.2) is 0 Å². The number of rotatable bonds is 3. The van der Waals surface area contributed by atoms with Gasteiger partial charge in [0.2, 0.25) is 5.91 Å². The Morgan fingerprint density at radius 2 is 1.90 bits per heavy atom. The van der Waals surface area contributed by atoms with E-state index < -0.39 is 0 Å². The van der Waals surface area contributed by atoms with Crippen molar-refractivity contribution in [2.24, 2.45) is 17.8 Å². The second-order valence-electron chi connectivity index (χ2n) is 7.60. The van der Waals surface area contributed by atoms with Crippen molar-refractivity contribution in [1.82, 2.24) is 10.2 Å². The lowest BCUT2D eigenvalue weighted by molar-refractivity contribution is -0.134. The molecule has 3 heteroatoms. The predicted molar refractivity (Wildman–Crippen MR) is 79.0 cm³/mol. The Morgan fingerprint density at radius 1 is 1.10 bits per heavy atom. The van der Waals surface area contributed by atoms with E-state index in [1.54, 1.807) is 0 Å². The second-order valence-corrected chi connectivity index (χ2v) is 7.60. The van der Waals surface area contributed by atoms with Gasteiger partial charge in [-0.05, 0) is 56.3 Å². The van der Waals surface area contributed by atoms with Crippen molar-refractivity contribution >= 4 is 5.91 Å². The number of amides is 1. The Labute approximate surface area is 122 Å². The van der Waals surface area contributed by atoms with Gasteiger partial charge in [-0.2, -0.15) is 0 Å². The molecule has 1 N–H and O–H groups in total. The van der Waals surface area contributed by atoms with Crippen molar-refractivity contribution in [2.45, 2.75) is 83.0 Å². The van der Waals surface area contributed by atoms with Crippen molar-refractivity contribution in [3.8, 4) is 0 Å². The summed E-state index contributed by atoms with van der Waals surface area (Å²) < 4.78 is 0. The molecule has 1 aliphatic heterocycles. The lowest BCUT2D eigenvalue weighted by Gasteiger charge is -2.38. The van der Waals surface area contributed by atoms with E-state index in [2.05, 4.69) is 17.1 Å². The van der Waals surface area contributed by atoms with Crippen LogP contribution in [0, 0.1) is 17.8 Å². The van der Waals surface area contributed by atoms with Crippen LogP contribution in [0.5, 0.6) is 0 Å². The van der Waals surface area contributed by atoms with E-state index in [9.17, 15) is 4.79 Å². The standard InChI is InChI=1S/C17H28N2O/c1-2-14-17(20)19(15-10-11-7-8-13(15)9-11)16(18-14)12-5-3-4-6-12/h11-16,18H,2-10H2,1H3. The van der Waals surface area contributed by atoms with Gasteiger partial charge >= 0.3 is 0 Å². The van der Waals surface area contributed by atoms with Crippen molar-refractivity contribution in [3.05, 3.63) is 0 Å². The van der Waals surface area contributed by atoms with Gasteiger partial charge in [0.25, 0.3) is 0 Å². The fourth-order valence-electron chi connectivity index (χ4n) is 5.53. The molecule has 0 radical (unpaired) electrons. The minimum absolute atomic E-state index is 0.0970. The van der Waals surface area contributed by atoms with E-state index >= 15 is 0 Å². The molecule has 3 nitrogen and oxygen atoms in total. The monoisotopic (exact) mass is 276 g/mol. The number of nitrogens with one attached hydrogen (secondary N) is 1. The molecule has 0 spiro atoms. The van der Waals surface area contributed by atoms with E-state index in [1.807, 2.05) is 0 Å². The van der Waals surface area contributed by atoms with Gasteiger partial charge in [-0.15, -0.1) is 0 Å². The summed E-state index contributed by atoms with van der Waals surface area (Å²) in [5.74, 6) is 2.87. The van der Waals surface area contributed by atoms with Gasteiger partial charge in [-0.3, -0.25) is 10.1 Å². The molecule has 5 unspecified atom stereocenters. The minimum Gasteiger partial charge on any atom is -0.322 e. The molecule has 5 atom stereocenters. The van der Waals surface area contributed by atoms with Crippen LogP contribution < -0.4 is 5.32 Å². The molecule has 1 saturated heterocycles. The van der Waals surface area contributed by atoms with Crippen LogP contribution in [0.3, 0.4) is 0 Å². The molecule has 0 aromatic rings. The minimum atomic E-state index is 0.0970. The van der Waals surface area contributed by atoms with Crippen molar-refractivity contribution in [2.75, 3.05) is 0 Å². The maximum atomic E-state index is 12.8. The zero-order chi connectivity index (χ0) is 13.7. The molecule has 4 aliphatic rings. The van der Waals surface area contributed by atoms with Gasteiger partial charge in [0.05, 0.1) is 12.2 Å². The van der Waals surface area contributed by atoms with Gasteiger partial charge < -0.3 is 4.90 Å². The Balaban J connectivity index is 1.58. The van der Waals surface area contributed by atoms with Gasteiger partial charge in [0.1, 0.15) is 0 Å². The zero-order valence-corrected chi connectivity index (χ0v) is 12.7. The molecule has 3 saturated carbocycles. The number of carbonyl (C=O) groups excluding carboxylic acids is 1. The summed E-state index contributed by atoms with van der Waals surface area (Å²) in [7, 11) is 0. The number of nitrogens with zero attached hydrogens (tertiary/aromatic N) is 1. The summed E-state index contributed by atoms with van der Waals surface area (Å²) in [5.41, 5.74) is 0. The molecule has 2 bridgehead atoms. The normalized spacial score (nSPS) is 45.0. The molecule has 0 aromatic heterocycles. The van der Waals surface area contributed by atoms with Gasteiger partial charge in [0.15, 0.2) is 0 Å². The Bertz CT molecular complexity index is 390. The molecule has 112 valence electrons. The summed E-state index contributed by atoms with van der Waals surface area (Å²) in [5, 5.41) is 3.70. The molecule has 3 aliphatic carbocycles. The molecular weight excluding hydrogens is 248 g/mol. The van der Waals surface area contributed by atoms with Crippen LogP contribution in [0.4, 0.5) is 0 Å². The van der Waals surface area contributed by atoms with Crippen LogP contribution in [0.2, 0.25) is 0 Å². The Hall–Kier alpha value is -0.570. The first-order valence-corrected chi connectivity index (χ1v) is 8.86. The Kier molecular flexibility index (Phi) is 3.29. The summed E-state index contributed by atoms with van der Waals surface area (Å²) in [4.78, 5) is 15.2. The fourth-order valence-corrected chi connectivity index (χ4v) is 5.53. The molecule has 1 heterocycles. The first kappa shape index (κ1) is 13.1.